The predicted molar refractivity (Wildman–Crippen MR) is 71.5 cm³/mol. The number of benzene rings is 1. The predicted octanol–water partition coefficient (Wildman–Crippen LogP) is 4.35. The summed E-state index contributed by atoms with van der Waals surface area (Å²) in [6.07, 6.45) is 4.07. The van der Waals surface area contributed by atoms with Crippen molar-refractivity contribution in [2.75, 3.05) is 7.11 Å². The summed E-state index contributed by atoms with van der Waals surface area (Å²) in [5.74, 6) is 0.889. The zero-order valence-corrected chi connectivity index (χ0v) is 11.4. The van der Waals surface area contributed by atoms with E-state index >= 15 is 0 Å². The molecule has 0 aromatic heterocycles. The van der Waals surface area contributed by atoms with Gasteiger partial charge in [-0.2, -0.15) is 0 Å². The molecule has 96 valence electrons. The van der Waals surface area contributed by atoms with Crippen LogP contribution in [0.3, 0.4) is 0 Å². The molecule has 0 heterocycles. The van der Waals surface area contributed by atoms with Crippen LogP contribution in [0, 0.1) is 0 Å². The first-order valence-electron chi connectivity index (χ1n) is 6.46. The largest absolute Gasteiger partial charge is 0.497 e. The van der Waals surface area contributed by atoms with Gasteiger partial charge < -0.3 is 9.47 Å². The van der Waals surface area contributed by atoms with Gasteiger partial charge in [0.25, 0.3) is 0 Å². The lowest BCUT2D eigenvalue weighted by atomic mass is 10.1. The van der Waals surface area contributed by atoms with Crippen LogP contribution in [0.15, 0.2) is 24.3 Å². The second-order valence-corrected chi connectivity index (χ2v) is 4.50. The summed E-state index contributed by atoms with van der Waals surface area (Å²) in [5.41, 5.74) is 1.20. The molecule has 0 spiro atoms. The van der Waals surface area contributed by atoms with Crippen molar-refractivity contribution in [2.24, 2.45) is 0 Å². The van der Waals surface area contributed by atoms with Gasteiger partial charge in [0.05, 0.1) is 19.3 Å². The van der Waals surface area contributed by atoms with Crippen LogP contribution in [0.1, 0.15) is 51.7 Å². The first-order valence-corrected chi connectivity index (χ1v) is 6.46. The maximum atomic E-state index is 5.97. The van der Waals surface area contributed by atoms with E-state index in [2.05, 4.69) is 32.9 Å². The third-order valence-electron chi connectivity index (χ3n) is 2.99. The second-order valence-electron chi connectivity index (χ2n) is 4.50. The Hall–Kier alpha value is -1.02. The highest BCUT2D eigenvalue weighted by Crippen LogP contribution is 2.22. The van der Waals surface area contributed by atoms with Crippen LogP contribution >= 0.6 is 0 Å². The Bertz CT molecular complexity index is 305. The number of methoxy groups -OCH3 is 1. The smallest absolute Gasteiger partial charge is 0.118 e. The van der Waals surface area contributed by atoms with Crippen LogP contribution in [0.2, 0.25) is 0 Å². The Morgan fingerprint density at radius 3 is 2.29 bits per heavy atom. The zero-order valence-electron chi connectivity index (χ0n) is 11.4. The quantitative estimate of drug-likeness (QED) is 0.700. The molecule has 0 fully saturated rings. The van der Waals surface area contributed by atoms with E-state index in [1.165, 1.54) is 18.4 Å². The fraction of sp³-hybridized carbons (Fsp3) is 0.600. The number of unbranched alkanes of at least 4 members (excludes halogenated alkanes) is 1. The fourth-order valence-electron chi connectivity index (χ4n) is 1.86. The van der Waals surface area contributed by atoms with Crippen molar-refractivity contribution in [3.8, 4) is 5.75 Å². The first-order chi connectivity index (χ1) is 8.17. The molecule has 0 saturated carbocycles. The van der Waals surface area contributed by atoms with Gasteiger partial charge in [-0.1, -0.05) is 31.9 Å². The molecule has 17 heavy (non-hydrogen) atoms. The van der Waals surface area contributed by atoms with E-state index in [4.69, 9.17) is 9.47 Å². The van der Waals surface area contributed by atoms with Crippen molar-refractivity contribution in [1.82, 2.24) is 0 Å². The molecule has 0 aliphatic rings. The van der Waals surface area contributed by atoms with Gasteiger partial charge in [-0.15, -0.1) is 0 Å². The molecule has 0 bridgehead atoms. The lowest BCUT2D eigenvalue weighted by Gasteiger charge is -2.19. The minimum atomic E-state index is 0.146. The number of ether oxygens (including phenoxy) is 2. The van der Waals surface area contributed by atoms with Crippen LogP contribution in [-0.4, -0.2) is 13.2 Å². The van der Waals surface area contributed by atoms with Crippen LogP contribution in [0.5, 0.6) is 5.75 Å². The lowest BCUT2D eigenvalue weighted by molar-refractivity contribution is 0.00183. The number of rotatable bonds is 7. The lowest BCUT2D eigenvalue weighted by Crippen LogP contribution is -2.11. The van der Waals surface area contributed by atoms with Gasteiger partial charge in [0.15, 0.2) is 0 Å². The van der Waals surface area contributed by atoms with Gasteiger partial charge >= 0.3 is 0 Å². The topological polar surface area (TPSA) is 18.5 Å². The molecule has 0 saturated heterocycles. The molecular formula is C15H24O2. The Balaban J connectivity index is 2.47. The fourth-order valence-corrected chi connectivity index (χ4v) is 1.86. The maximum Gasteiger partial charge on any atom is 0.118 e. The van der Waals surface area contributed by atoms with Crippen LogP contribution in [-0.2, 0) is 4.74 Å². The van der Waals surface area contributed by atoms with Gasteiger partial charge in [-0.25, -0.2) is 0 Å². The minimum absolute atomic E-state index is 0.146. The van der Waals surface area contributed by atoms with E-state index < -0.39 is 0 Å². The van der Waals surface area contributed by atoms with Crippen molar-refractivity contribution < 1.29 is 9.47 Å². The highest BCUT2D eigenvalue weighted by Gasteiger charge is 2.10. The molecule has 1 aromatic rings. The van der Waals surface area contributed by atoms with Crippen LogP contribution < -0.4 is 4.74 Å². The molecule has 2 heteroatoms. The Morgan fingerprint density at radius 1 is 1.12 bits per heavy atom. The van der Waals surface area contributed by atoms with Gasteiger partial charge in [0, 0.05) is 0 Å². The third kappa shape index (κ3) is 4.78. The van der Waals surface area contributed by atoms with Crippen molar-refractivity contribution in [3.63, 3.8) is 0 Å². The normalized spacial score (nSPS) is 14.4. The maximum absolute atomic E-state index is 5.97. The summed E-state index contributed by atoms with van der Waals surface area (Å²) in [6.45, 7) is 6.46. The van der Waals surface area contributed by atoms with Crippen LogP contribution in [0.4, 0.5) is 0 Å². The minimum Gasteiger partial charge on any atom is -0.497 e. The van der Waals surface area contributed by atoms with E-state index in [0.29, 0.717) is 6.10 Å². The third-order valence-corrected chi connectivity index (χ3v) is 2.99. The summed E-state index contributed by atoms with van der Waals surface area (Å²) in [7, 11) is 1.68. The molecule has 2 unspecified atom stereocenters. The van der Waals surface area contributed by atoms with Crippen molar-refractivity contribution in [1.29, 1.82) is 0 Å². The van der Waals surface area contributed by atoms with Crippen LogP contribution in [0.25, 0.3) is 0 Å². The molecule has 2 nitrogen and oxygen atoms in total. The van der Waals surface area contributed by atoms with Gasteiger partial charge in [0.2, 0.25) is 0 Å². The average Bonchev–Trinajstić information content (AvgIpc) is 2.36. The van der Waals surface area contributed by atoms with Gasteiger partial charge in [0.1, 0.15) is 5.75 Å². The van der Waals surface area contributed by atoms with E-state index in [0.717, 1.165) is 12.2 Å². The van der Waals surface area contributed by atoms with E-state index in [1.54, 1.807) is 7.11 Å². The molecule has 0 aliphatic heterocycles. The number of hydrogen-bond donors (Lipinski definition) is 0. The SMILES string of the molecule is CCCCC(C)OC(C)c1ccc(OC)cc1. The molecule has 1 rings (SSSR count). The molecule has 0 amide bonds. The summed E-state index contributed by atoms with van der Waals surface area (Å²) < 4.78 is 11.1. The highest BCUT2D eigenvalue weighted by atomic mass is 16.5. The van der Waals surface area contributed by atoms with E-state index in [9.17, 15) is 0 Å². The summed E-state index contributed by atoms with van der Waals surface area (Å²) in [5, 5.41) is 0. The Kier molecular flexibility index (Phi) is 6.06. The summed E-state index contributed by atoms with van der Waals surface area (Å²) >= 11 is 0. The average molecular weight is 236 g/mol. The van der Waals surface area contributed by atoms with Gasteiger partial charge in [-0.05, 0) is 38.0 Å². The van der Waals surface area contributed by atoms with Crippen molar-refractivity contribution in [2.45, 2.75) is 52.2 Å². The zero-order chi connectivity index (χ0) is 12.7. The molecule has 2 atom stereocenters. The number of hydrogen-bond acceptors (Lipinski definition) is 2. The molecular weight excluding hydrogens is 212 g/mol. The summed E-state index contributed by atoms with van der Waals surface area (Å²) in [4.78, 5) is 0. The highest BCUT2D eigenvalue weighted by molar-refractivity contribution is 5.28. The molecule has 0 radical (unpaired) electrons. The molecule has 0 aliphatic carbocycles. The van der Waals surface area contributed by atoms with E-state index in [-0.39, 0.29) is 6.10 Å². The Labute approximate surface area is 105 Å². The standard InChI is InChI=1S/C15H24O2/c1-5-6-7-12(2)17-13(3)14-8-10-15(16-4)11-9-14/h8-13H,5-7H2,1-4H3. The van der Waals surface area contributed by atoms with E-state index in [1.807, 2.05) is 12.1 Å². The summed E-state index contributed by atoms with van der Waals surface area (Å²) in [6, 6.07) is 8.09. The Morgan fingerprint density at radius 2 is 1.76 bits per heavy atom. The van der Waals surface area contributed by atoms with Crippen molar-refractivity contribution >= 4 is 0 Å². The first kappa shape index (κ1) is 14.0. The molecule has 1 aromatic carbocycles. The van der Waals surface area contributed by atoms with Crippen molar-refractivity contribution in [3.05, 3.63) is 29.8 Å². The van der Waals surface area contributed by atoms with Gasteiger partial charge in [-0.3, -0.25) is 0 Å². The second kappa shape index (κ2) is 7.33. The monoisotopic (exact) mass is 236 g/mol. The molecule has 0 N–H and O–H groups in total.